The first-order chi connectivity index (χ1) is 22.3. The van der Waals surface area contributed by atoms with Crippen LogP contribution in [0.1, 0.15) is 45.6 Å². The molecule has 46 heavy (non-hydrogen) atoms. The molecular formula is C36H45ClFN5O3. The molecule has 1 fully saturated rings. The molecule has 2 aliphatic rings. The van der Waals surface area contributed by atoms with Crippen LogP contribution >= 0.6 is 11.6 Å². The Balaban J connectivity index is 0.00000282. The summed E-state index contributed by atoms with van der Waals surface area (Å²) >= 11 is 6.25. The van der Waals surface area contributed by atoms with Crippen LogP contribution in [0.4, 0.5) is 15.9 Å². The van der Waals surface area contributed by atoms with Crippen molar-refractivity contribution in [2.24, 2.45) is 0 Å². The van der Waals surface area contributed by atoms with Crippen LogP contribution in [0.15, 0.2) is 83.6 Å². The standard InChI is InChI=1S/C34H43ClFN5O3.C2H2/c1-4-6-9-25(3)38-22-26-11-13-28(14-12-26)41-23-27(33(42)29(24-41)34(43)44-5-2)20-30(36)31(21-35)39-16-18-40(19-17-39)32-10-7-8-15-37-32;1-2/h7-8,10-15,20,24-25,38H,4-6,9,16-19,21-23H2,1-3H3;1-2H/b27-20+,31-30-;. The Morgan fingerprint density at radius 2 is 1.85 bits per heavy atom. The molecule has 0 amide bonds. The van der Waals surface area contributed by atoms with Crippen molar-refractivity contribution in [1.29, 1.82) is 0 Å². The Morgan fingerprint density at radius 1 is 1.13 bits per heavy atom. The van der Waals surface area contributed by atoms with E-state index in [0.29, 0.717) is 37.9 Å². The molecule has 0 saturated carbocycles. The Kier molecular flexibility index (Phi) is 14.8. The number of carbonyl (C=O) groups excluding carboxylic acids is 2. The lowest BCUT2D eigenvalue weighted by Gasteiger charge is -2.37. The molecule has 8 nitrogen and oxygen atoms in total. The number of hydrogen-bond donors (Lipinski definition) is 1. The number of carbonyl (C=O) groups is 2. The van der Waals surface area contributed by atoms with Gasteiger partial charge in [-0.3, -0.25) is 4.79 Å². The number of rotatable bonds is 13. The van der Waals surface area contributed by atoms with Crippen molar-refractivity contribution < 1.29 is 18.7 Å². The number of pyridine rings is 1. The first-order valence-electron chi connectivity index (χ1n) is 15.8. The second-order valence-electron chi connectivity index (χ2n) is 11.1. The van der Waals surface area contributed by atoms with E-state index in [0.717, 1.165) is 30.0 Å². The van der Waals surface area contributed by atoms with Gasteiger partial charge in [0, 0.05) is 62.4 Å². The molecule has 1 aromatic heterocycles. The largest absolute Gasteiger partial charge is 0.462 e. The molecule has 10 heteroatoms. The maximum Gasteiger partial charge on any atom is 0.343 e. The van der Waals surface area contributed by atoms with Crippen LogP contribution in [0.25, 0.3) is 0 Å². The minimum absolute atomic E-state index is 0.0514. The number of allylic oxidation sites excluding steroid dienone is 3. The van der Waals surface area contributed by atoms with Gasteiger partial charge in [0.15, 0.2) is 5.78 Å². The molecule has 0 bridgehead atoms. The number of nitrogens with zero attached hydrogens (tertiary/aromatic N) is 4. The van der Waals surface area contributed by atoms with Crippen LogP contribution in [0.2, 0.25) is 0 Å². The minimum Gasteiger partial charge on any atom is -0.462 e. The Hall–Kier alpha value is -4.13. The average molecular weight is 650 g/mol. The third kappa shape index (κ3) is 9.93. The minimum atomic E-state index is -0.734. The van der Waals surface area contributed by atoms with Crippen LogP contribution in [-0.2, 0) is 20.9 Å². The fourth-order valence-corrected chi connectivity index (χ4v) is 5.61. The van der Waals surface area contributed by atoms with Gasteiger partial charge in [-0.15, -0.1) is 24.4 Å². The molecule has 2 aliphatic heterocycles. The van der Waals surface area contributed by atoms with Crippen LogP contribution in [0.5, 0.6) is 0 Å². The Bertz CT molecular complexity index is 1400. The summed E-state index contributed by atoms with van der Waals surface area (Å²) in [6.45, 7) is 9.46. The number of unbranched alkanes of at least 4 members (excludes halogenated alkanes) is 1. The molecular weight excluding hydrogens is 605 g/mol. The number of ether oxygens (including phenoxy) is 1. The quantitative estimate of drug-likeness (QED) is 0.0931. The van der Waals surface area contributed by atoms with Gasteiger partial charge < -0.3 is 24.8 Å². The third-order valence-electron chi connectivity index (χ3n) is 7.91. The highest BCUT2D eigenvalue weighted by Gasteiger charge is 2.31. The van der Waals surface area contributed by atoms with E-state index in [-0.39, 0.29) is 30.2 Å². The van der Waals surface area contributed by atoms with Gasteiger partial charge in [0.1, 0.15) is 17.2 Å². The number of ketones is 1. The molecule has 4 rings (SSSR count). The molecule has 1 unspecified atom stereocenters. The summed E-state index contributed by atoms with van der Waals surface area (Å²) in [5.74, 6) is -1.04. The van der Waals surface area contributed by atoms with Crippen molar-refractivity contribution in [2.45, 2.75) is 52.6 Å². The van der Waals surface area contributed by atoms with Crippen molar-refractivity contribution in [2.75, 3.05) is 55.0 Å². The molecule has 1 N–H and O–H groups in total. The van der Waals surface area contributed by atoms with Crippen LogP contribution in [-0.4, -0.2) is 72.9 Å². The van der Waals surface area contributed by atoms with E-state index in [1.165, 1.54) is 25.1 Å². The maximum absolute atomic E-state index is 15.9. The number of Topliss-reactive ketones (excluding diaryl/α,β-unsaturated/α-hetero) is 1. The number of halogens is 2. The van der Waals surface area contributed by atoms with Crippen LogP contribution in [0.3, 0.4) is 0 Å². The molecule has 0 spiro atoms. The molecule has 1 atom stereocenters. The maximum atomic E-state index is 15.9. The zero-order valence-electron chi connectivity index (χ0n) is 27.1. The number of benzene rings is 1. The van der Waals surface area contributed by atoms with Gasteiger partial charge in [-0.1, -0.05) is 38.0 Å². The molecule has 246 valence electrons. The highest BCUT2D eigenvalue weighted by molar-refractivity contribution is 6.25. The van der Waals surface area contributed by atoms with Gasteiger partial charge in [0.2, 0.25) is 0 Å². The lowest BCUT2D eigenvalue weighted by molar-refractivity contribution is -0.139. The summed E-state index contributed by atoms with van der Waals surface area (Å²) < 4.78 is 21.0. The number of nitrogens with one attached hydrogen (secondary N) is 1. The third-order valence-corrected chi connectivity index (χ3v) is 8.16. The van der Waals surface area contributed by atoms with Crippen molar-refractivity contribution >= 4 is 34.9 Å². The van der Waals surface area contributed by atoms with E-state index in [2.05, 4.69) is 41.9 Å². The van der Waals surface area contributed by atoms with Gasteiger partial charge in [-0.2, -0.15) is 0 Å². The lowest BCUT2D eigenvalue weighted by Crippen LogP contribution is -2.46. The van der Waals surface area contributed by atoms with E-state index in [1.54, 1.807) is 18.0 Å². The number of hydrogen-bond acceptors (Lipinski definition) is 8. The monoisotopic (exact) mass is 649 g/mol. The number of alkyl halides is 1. The predicted molar refractivity (Wildman–Crippen MR) is 184 cm³/mol. The predicted octanol–water partition coefficient (Wildman–Crippen LogP) is 6.00. The van der Waals surface area contributed by atoms with Crippen molar-refractivity contribution in [3.05, 3.63) is 89.2 Å². The average Bonchev–Trinajstić information content (AvgIpc) is 3.09. The summed E-state index contributed by atoms with van der Waals surface area (Å²) in [5, 5.41) is 3.55. The summed E-state index contributed by atoms with van der Waals surface area (Å²) in [7, 11) is 0. The number of piperazine rings is 1. The summed E-state index contributed by atoms with van der Waals surface area (Å²) in [6, 6.07) is 14.1. The van der Waals surface area contributed by atoms with Gasteiger partial charge in [0.25, 0.3) is 0 Å². The topological polar surface area (TPSA) is 78.0 Å². The number of aromatic nitrogens is 1. The first kappa shape index (κ1) is 36.3. The SMILES string of the molecule is C#C.CCCCC(C)NCc1ccc(N2C=C(C(=O)OCC)C(=O)/C(=C/C(F)=C(\CCl)N3CCN(c4ccccn4)CC3)C2)cc1. The fourth-order valence-electron chi connectivity index (χ4n) is 5.31. The van der Waals surface area contributed by atoms with Gasteiger partial charge >= 0.3 is 5.97 Å². The number of esters is 1. The molecule has 3 heterocycles. The Morgan fingerprint density at radius 3 is 2.46 bits per heavy atom. The Labute approximate surface area is 277 Å². The van der Waals surface area contributed by atoms with Gasteiger partial charge in [-0.25, -0.2) is 14.2 Å². The molecule has 2 aromatic rings. The van der Waals surface area contributed by atoms with E-state index >= 15 is 4.39 Å². The smallest absolute Gasteiger partial charge is 0.343 e. The van der Waals surface area contributed by atoms with E-state index in [1.807, 2.05) is 47.4 Å². The summed E-state index contributed by atoms with van der Waals surface area (Å²) in [5.41, 5.74) is 2.23. The zero-order valence-corrected chi connectivity index (χ0v) is 27.8. The van der Waals surface area contributed by atoms with E-state index < -0.39 is 17.6 Å². The first-order valence-corrected chi connectivity index (χ1v) is 16.3. The van der Waals surface area contributed by atoms with Crippen molar-refractivity contribution in [3.63, 3.8) is 0 Å². The highest BCUT2D eigenvalue weighted by Crippen LogP contribution is 2.27. The van der Waals surface area contributed by atoms with Gasteiger partial charge in [-0.05, 0) is 56.2 Å². The zero-order chi connectivity index (χ0) is 33.5. The number of terminal acetylenes is 1. The van der Waals surface area contributed by atoms with Crippen LogP contribution < -0.4 is 15.1 Å². The second kappa shape index (κ2) is 18.7. The van der Waals surface area contributed by atoms with Crippen molar-refractivity contribution in [1.82, 2.24) is 15.2 Å². The lowest BCUT2D eigenvalue weighted by atomic mass is 9.98. The molecule has 1 saturated heterocycles. The van der Waals surface area contributed by atoms with E-state index in [9.17, 15) is 9.59 Å². The van der Waals surface area contributed by atoms with Crippen LogP contribution in [0, 0.1) is 12.8 Å². The van der Waals surface area contributed by atoms with Crippen molar-refractivity contribution in [3.8, 4) is 12.8 Å². The normalized spacial score (nSPS) is 17.1. The summed E-state index contributed by atoms with van der Waals surface area (Å²) in [6.07, 6.45) is 16.0. The van der Waals surface area contributed by atoms with Gasteiger partial charge in [0.05, 0.1) is 24.7 Å². The molecule has 1 aromatic carbocycles. The number of anilines is 2. The molecule has 0 radical (unpaired) electrons. The fraction of sp³-hybridized carbons (Fsp3) is 0.417. The van der Waals surface area contributed by atoms with E-state index in [4.69, 9.17) is 16.3 Å². The summed E-state index contributed by atoms with van der Waals surface area (Å²) in [4.78, 5) is 36.4. The second-order valence-corrected chi connectivity index (χ2v) is 11.3. The molecule has 0 aliphatic carbocycles. The highest BCUT2D eigenvalue weighted by atomic mass is 35.5.